The third kappa shape index (κ3) is 3.48. The lowest BCUT2D eigenvalue weighted by Crippen LogP contribution is -2.08. The number of ether oxygens (including phenoxy) is 1. The molecule has 3 aromatic rings. The molecule has 0 aliphatic carbocycles. The summed E-state index contributed by atoms with van der Waals surface area (Å²) in [6.07, 6.45) is 2.50. The largest absolute Gasteiger partial charge is 0.494 e. The predicted molar refractivity (Wildman–Crippen MR) is 84.6 cm³/mol. The Morgan fingerprint density at radius 2 is 1.71 bits per heavy atom. The van der Waals surface area contributed by atoms with Gasteiger partial charge in [0.1, 0.15) is 17.9 Å². The van der Waals surface area contributed by atoms with Gasteiger partial charge in [-0.25, -0.2) is 9.97 Å². The van der Waals surface area contributed by atoms with Crippen LogP contribution in [0.2, 0.25) is 0 Å². The van der Waals surface area contributed by atoms with Crippen molar-refractivity contribution in [3.63, 3.8) is 0 Å². The van der Waals surface area contributed by atoms with Gasteiger partial charge in [0.15, 0.2) is 0 Å². The van der Waals surface area contributed by atoms with E-state index in [1.807, 2.05) is 54.6 Å². The summed E-state index contributed by atoms with van der Waals surface area (Å²) >= 11 is 0. The summed E-state index contributed by atoms with van der Waals surface area (Å²) in [7, 11) is 0. The highest BCUT2D eigenvalue weighted by Gasteiger charge is 2.01. The zero-order valence-electron chi connectivity index (χ0n) is 11.7. The van der Waals surface area contributed by atoms with E-state index in [9.17, 15) is 0 Å². The van der Waals surface area contributed by atoms with E-state index in [0.717, 1.165) is 35.4 Å². The normalized spacial score (nSPS) is 10.5. The molecule has 4 nitrogen and oxygen atoms in total. The second-order valence-electron chi connectivity index (χ2n) is 4.68. The van der Waals surface area contributed by atoms with Crippen molar-refractivity contribution in [1.82, 2.24) is 9.97 Å². The van der Waals surface area contributed by atoms with Gasteiger partial charge in [-0.15, -0.1) is 0 Å². The molecule has 0 atom stereocenters. The van der Waals surface area contributed by atoms with Gasteiger partial charge in [0.05, 0.1) is 12.1 Å². The standard InChI is InChI=1S/C17H17N3O/c1-2-7-14(8-3-1)21-12-6-11-18-17-15-9-4-5-10-16(15)19-13-20-17/h1-5,7-10,13H,6,11-12H2,(H,18,19,20). The van der Waals surface area contributed by atoms with Crippen LogP contribution in [0.3, 0.4) is 0 Å². The first-order valence-corrected chi connectivity index (χ1v) is 7.05. The van der Waals surface area contributed by atoms with Crippen molar-refractivity contribution in [2.24, 2.45) is 0 Å². The number of nitrogens with zero attached hydrogens (tertiary/aromatic N) is 2. The molecule has 0 amide bonds. The lowest BCUT2D eigenvalue weighted by Gasteiger charge is -2.09. The zero-order valence-corrected chi connectivity index (χ0v) is 11.7. The molecule has 106 valence electrons. The average molecular weight is 279 g/mol. The summed E-state index contributed by atoms with van der Waals surface area (Å²) in [6.45, 7) is 1.49. The third-order valence-corrected chi connectivity index (χ3v) is 3.17. The molecule has 0 saturated heterocycles. The molecule has 1 aromatic heterocycles. The van der Waals surface area contributed by atoms with Gasteiger partial charge in [0, 0.05) is 11.9 Å². The fourth-order valence-corrected chi connectivity index (χ4v) is 2.13. The average Bonchev–Trinajstić information content (AvgIpc) is 2.56. The smallest absolute Gasteiger partial charge is 0.137 e. The van der Waals surface area contributed by atoms with Crippen LogP contribution in [0.15, 0.2) is 60.9 Å². The van der Waals surface area contributed by atoms with Crippen LogP contribution in [0.4, 0.5) is 5.82 Å². The third-order valence-electron chi connectivity index (χ3n) is 3.17. The Hall–Kier alpha value is -2.62. The Kier molecular flexibility index (Phi) is 4.27. The number of nitrogens with one attached hydrogen (secondary N) is 1. The number of benzene rings is 2. The SMILES string of the molecule is c1ccc(OCCCNc2ncnc3ccccc23)cc1. The molecule has 0 unspecified atom stereocenters. The second kappa shape index (κ2) is 6.70. The van der Waals surface area contributed by atoms with Crippen molar-refractivity contribution in [2.45, 2.75) is 6.42 Å². The highest BCUT2D eigenvalue weighted by atomic mass is 16.5. The minimum Gasteiger partial charge on any atom is -0.494 e. The minimum absolute atomic E-state index is 0.681. The maximum absolute atomic E-state index is 5.66. The van der Waals surface area contributed by atoms with Crippen molar-refractivity contribution in [3.8, 4) is 5.75 Å². The quantitative estimate of drug-likeness (QED) is 0.701. The van der Waals surface area contributed by atoms with Crippen LogP contribution < -0.4 is 10.1 Å². The van der Waals surface area contributed by atoms with Gasteiger partial charge in [0.2, 0.25) is 0 Å². The van der Waals surface area contributed by atoms with Gasteiger partial charge in [-0.1, -0.05) is 30.3 Å². The summed E-state index contributed by atoms with van der Waals surface area (Å²) in [6, 6.07) is 17.8. The van der Waals surface area contributed by atoms with Gasteiger partial charge in [0.25, 0.3) is 0 Å². The van der Waals surface area contributed by atoms with Crippen molar-refractivity contribution in [3.05, 3.63) is 60.9 Å². The van der Waals surface area contributed by atoms with Crippen LogP contribution in [0.1, 0.15) is 6.42 Å². The first kappa shape index (κ1) is 13.4. The molecule has 3 rings (SSSR count). The summed E-state index contributed by atoms with van der Waals surface area (Å²) in [5.41, 5.74) is 0.954. The molecule has 1 N–H and O–H groups in total. The van der Waals surface area contributed by atoms with E-state index in [2.05, 4.69) is 15.3 Å². The molecule has 0 bridgehead atoms. The van der Waals surface area contributed by atoms with Crippen LogP contribution in [0, 0.1) is 0 Å². The lowest BCUT2D eigenvalue weighted by molar-refractivity contribution is 0.315. The Morgan fingerprint density at radius 3 is 2.62 bits per heavy atom. The molecule has 0 fully saturated rings. The van der Waals surface area contributed by atoms with E-state index in [4.69, 9.17) is 4.74 Å². The molecule has 0 aliphatic rings. The number of hydrogen-bond acceptors (Lipinski definition) is 4. The maximum Gasteiger partial charge on any atom is 0.137 e. The van der Waals surface area contributed by atoms with Gasteiger partial charge in [-0.2, -0.15) is 0 Å². The van der Waals surface area contributed by atoms with E-state index >= 15 is 0 Å². The van der Waals surface area contributed by atoms with Crippen LogP contribution in [-0.2, 0) is 0 Å². The lowest BCUT2D eigenvalue weighted by atomic mass is 10.2. The number of rotatable bonds is 6. The highest BCUT2D eigenvalue weighted by molar-refractivity contribution is 5.88. The summed E-state index contributed by atoms with van der Waals surface area (Å²) in [5, 5.41) is 4.39. The molecule has 0 aliphatic heterocycles. The number of anilines is 1. The van der Waals surface area contributed by atoms with Crippen LogP contribution in [0.5, 0.6) is 5.75 Å². The monoisotopic (exact) mass is 279 g/mol. The van der Waals surface area contributed by atoms with E-state index in [1.54, 1.807) is 6.33 Å². The second-order valence-corrected chi connectivity index (χ2v) is 4.68. The van der Waals surface area contributed by atoms with E-state index in [-0.39, 0.29) is 0 Å². The number of fused-ring (bicyclic) bond motifs is 1. The van der Waals surface area contributed by atoms with Crippen LogP contribution in [-0.4, -0.2) is 23.1 Å². The van der Waals surface area contributed by atoms with Crippen molar-refractivity contribution in [1.29, 1.82) is 0 Å². The molecule has 21 heavy (non-hydrogen) atoms. The van der Waals surface area contributed by atoms with Crippen molar-refractivity contribution < 1.29 is 4.74 Å². The number of aromatic nitrogens is 2. The molecule has 4 heteroatoms. The maximum atomic E-state index is 5.66. The Morgan fingerprint density at radius 1 is 0.905 bits per heavy atom. The molecule has 2 aromatic carbocycles. The minimum atomic E-state index is 0.681. The number of para-hydroxylation sites is 2. The first-order chi connectivity index (χ1) is 10.4. The van der Waals surface area contributed by atoms with E-state index in [1.165, 1.54) is 0 Å². The van der Waals surface area contributed by atoms with Crippen LogP contribution >= 0.6 is 0 Å². The molecular formula is C17H17N3O. The van der Waals surface area contributed by atoms with Crippen molar-refractivity contribution >= 4 is 16.7 Å². The molecule has 0 saturated carbocycles. The van der Waals surface area contributed by atoms with Gasteiger partial charge < -0.3 is 10.1 Å². The predicted octanol–water partition coefficient (Wildman–Crippen LogP) is 3.51. The molecule has 1 heterocycles. The zero-order chi connectivity index (χ0) is 14.3. The van der Waals surface area contributed by atoms with Gasteiger partial charge >= 0.3 is 0 Å². The van der Waals surface area contributed by atoms with Crippen molar-refractivity contribution in [2.75, 3.05) is 18.5 Å². The van der Waals surface area contributed by atoms with Crippen LogP contribution in [0.25, 0.3) is 10.9 Å². The highest BCUT2D eigenvalue weighted by Crippen LogP contribution is 2.18. The fraction of sp³-hybridized carbons (Fsp3) is 0.176. The summed E-state index contributed by atoms with van der Waals surface area (Å²) in [5.74, 6) is 1.78. The Labute approximate surface area is 123 Å². The summed E-state index contributed by atoms with van der Waals surface area (Å²) < 4.78 is 5.66. The van der Waals surface area contributed by atoms with E-state index in [0.29, 0.717) is 6.61 Å². The van der Waals surface area contributed by atoms with E-state index < -0.39 is 0 Å². The number of hydrogen-bond donors (Lipinski definition) is 1. The molecule has 0 spiro atoms. The summed E-state index contributed by atoms with van der Waals surface area (Å²) in [4.78, 5) is 8.55. The van der Waals surface area contributed by atoms with Gasteiger partial charge in [-0.3, -0.25) is 0 Å². The Balaban J connectivity index is 1.51. The topological polar surface area (TPSA) is 47.0 Å². The Bertz CT molecular complexity index is 695. The van der Waals surface area contributed by atoms with Gasteiger partial charge in [-0.05, 0) is 30.7 Å². The fourth-order valence-electron chi connectivity index (χ4n) is 2.13. The first-order valence-electron chi connectivity index (χ1n) is 7.05. The molecular weight excluding hydrogens is 262 g/mol. The molecule has 0 radical (unpaired) electrons.